The van der Waals surface area contributed by atoms with E-state index in [1.165, 1.54) is 30.5 Å². The third-order valence-electron chi connectivity index (χ3n) is 4.74. The summed E-state index contributed by atoms with van der Waals surface area (Å²) in [5, 5.41) is 15.2. The van der Waals surface area contributed by atoms with Gasteiger partial charge in [-0.25, -0.2) is 9.78 Å². The third-order valence-corrected chi connectivity index (χ3v) is 4.97. The smallest absolute Gasteiger partial charge is 0.337 e. The van der Waals surface area contributed by atoms with Crippen LogP contribution in [0.2, 0.25) is 5.02 Å². The fourth-order valence-electron chi connectivity index (χ4n) is 2.93. The predicted octanol–water partition coefficient (Wildman–Crippen LogP) is 5.24. The number of aromatic nitrogens is 1. The molecule has 0 aliphatic carbocycles. The lowest BCUT2D eigenvalue weighted by Crippen LogP contribution is -2.18. The maximum Gasteiger partial charge on any atom is 0.337 e. The Morgan fingerprint density at radius 1 is 0.875 bits per heavy atom. The van der Waals surface area contributed by atoms with Crippen LogP contribution >= 0.6 is 11.6 Å². The summed E-state index contributed by atoms with van der Waals surface area (Å²) in [5.74, 6) is -2.00. The molecule has 3 rings (SSSR count). The highest BCUT2D eigenvalue weighted by Crippen LogP contribution is 2.23. The molecule has 164 valence electrons. The van der Waals surface area contributed by atoms with Gasteiger partial charge in [-0.1, -0.05) is 44.5 Å². The van der Waals surface area contributed by atoms with Crippen LogP contribution in [0.4, 0.5) is 11.5 Å². The molecule has 0 radical (unpaired) electrons. The van der Waals surface area contributed by atoms with Gasteiger partial charge in [0.05, 0.1) is 16.3 Å². The van der Waals surface area contributed by atoms with Crippen molar-refractivity contribution in [2.45, 2.75) is 26.2 Å². The van der Waals surface area contributed by atoms with E-state index in [0.29, 0.717) is 10.6 Å². The molecule has 0 aliphatic heterocycles. The number of hydrogen-bond donors (Lipinski definition) is 3. The number of carbonyl (C=O) groups excluding carboxylic acids is 2. The van der Waals surface area contributed by atoms with Crippen molar-refractivity contribution < 1.29 is 19.5 Å². The molecule has 7 nitrogen and oxygen atoms in total. The van der Waals surface area contributed by atoms with Crippen LogP contribution in [-0.4, -0.2) is 27.9 Å². The quantitative estimate of drug-likeness (QED) is 0.491. The number of carboxylic acids is 1. The van der Waals surface area contributed by atoms with Crippen molar-refractivity contribution in [3.8, 4) is 0 Å². The highest BCUT2D eigenvalue weighted by atomic mass is 35.5. The lowest BCUT2D eigenvalue weighted by Gasteiger charge is -2.19. The summed E-state index contributed by atoms with van der Waals surface area (Å²) < 4.78 is 0. The van der Waals surface area contributed by atoms with Gasteiger partial charge in [-0.2, -0.15) is 0 Å². The Labute approximate surface area is 190 Å². The van der Waals surface area contributed by atoms with Crippen molar-refractivity contribution in [2.75, 3.05) is 10.6 Å². The Morgan fingerprint density at radius 3 is 2.06 bits per heavy atom. The van der Waals surface area contributed by atoms with Crippen molar-refractivity contribution in [2.24, 2.45) is 0 Å². The number of halogens is 1. The summed E-state index contributed by atoms with van der Waals surface area (Å²) in [4.78, 5) is 40.8. The molecule has 0 saturated heterocycles. The summed E-state index contributed by atoms with van der Waals surface area (Å²) in [6.45, 7) is 6.21. The minimum atomic E-state index is -1.28. The maximum absolute atomic E-state index is 12.6. The number of benzene rings is 2. The second kappa shape index (κ2) is 9.20. The highest BCUT2D eigenvalue weighted by Gasteiger charge is 2.18. The molecule has 0 aliphatic rings. The number of carboxylic acid groups (broad SMARTS) is 1. The number of rotatable bonds is 5. The Morgan fingerprint density at radius 2 is 1.50 bits per heavy atom. The van der Waals surface area contributed by atoms with Gasteiger partial charge in [0.15, 0.2) is 0 Å². The van der Waals surface area contributed by atoms with Crippen LogP contribution in [0.5, 0.6) is 0 Å². The number of carbonyl (C=O) groups is 3. The zero-order chi connectivity index (χ0) is 23.5. The van der Waals surface area contributed by atoms with Crippen LogP contribution in [0, 0.1) is 0 Å². The average molecular weight is 452 g/mol. The predicted molar refractivity (Wildman–Crippen MR) is 124 cm³/mol. The number of amides is 2. The van der Waals surface area contributed by atoms with Crippen LogP contribution < -0.4 is 10.6 Å². The normalized spacial score (nSPS) is 11.0. The summed E-state index contributed by atoms with van der Waals surface area (Å²) in [6, 6.07) is 14.2. The van der Waals surface area contributed by atoms with E-state index < -0.39 is 17.8 Å². The van der Waals surface area contributed by atoms with E-state index in [4.69, 9.17) is 11.6 Å². The zero-order valence-corrected chi connectivity index (χ0v) is 18.5. The van der Waals surface area contributed by atoms with Crippen molar-refractivity contribution >= 4 is 40.9 Å². The molecule has 0 bridgehead atoms. The Hall–Kier alpha value is -3.71. The van der Waals surface area contributed by atoms with Gasteiger partial charge in [0.2, 0.25) is 0 Å². The van der Waals surface area contributed by atoms with Crippen molar-refractivity contribution in [1.82, 2.24) is 4.98 Å². The number of pyridine rings is 1. The van der Waals surface area contributed by atoms with Gasteiger partial charge in [-0.15, -0.1) is 0 Å². The summed E-state index contributed by atoms with van der Waals surface area (Å²) in [6.07, 6.45) is 1.38. The first kappa shape index (κ1) is 23.0. The van der Waals surface area contributed by atoms with Crippen LogP contribution in [0.25, 0.3) is 0 Å². The minimum Gasteiger partial charge on any atom is -0.478 e. The Kier molecular flexibility index (Phi) is 6.60. The first-order valence-electron chi connectivity index (χ1n) is 9.77. The van der Waals surface area contributed by atoms with Gasteiger partial charge < -0.3 is 15.7 Å². The van der Waals surface area contributed by atoms with Crippen molar-refractivity contribution in [1.29, 1.82) is 0 Å². The lowest BCUT2D eigenvalue weighted by atomic mass is 9.86. The van der Waals surface area contributed by atoms with Crippen molar-refractivity contribution in [3.63, 3.8) is 0 Å². The van der Waals surface area contributed by atoms with Gasteiger partial charge >= 0.3 is 5.97 Å². The van der Waals surface area contributed by atoms with E-state index in [1.54, 1.807) is 18.2 Å². The van der Waals surface area contributed by atoms with E-state index in [9.17, 15) is 19.5 Å². The second-order valence-corrected chi connectivity index (χ2v) is 8.60. The van der Waals surface area contributed by atoms with E-state index in [1.807, 2.05) is 12.1 Å². The number of aromatic carboxylic acids is 1. The molecule has 2 aromatic carbocycles. The molecule has 3 aromatic rings. The minimum absolute atomic E-state index is 0.0522. The number of nitrogens with zero attached hydrogens (tertiary/aromatic N) is 1. The molecule has 0 spiro atoms. The van der Waals surface area contributed by atoms with Gasteiger partial charge in [-0.3, -0.25) is 9.59 Å². The molecule has 0 fully saturated rings. The van der Waals surface area contributed by atoms with Gasteiger partial charge in [0.25, 0.3) is 11.8 Å². The van der Waals surface area contributed by atoms with Crippen LogP contribution in [-0.2, 0) is 5.41 Å². The lowest BCUT2D eigenvalue weighted by molar-refractivity contribution is 0.0698. The van der Waals surface area contributed by atoms with Gasteiger partial charge in [0, 0.05) is 17.3 Å². The van der Waals surface area contributed by atoms with Gasteiger partial charge in [0.1, 0.15) is 5.82 Å². The maximum atomic E-state index is 12.6. The molecular weight excluding hydrogens is 430 g/mol. The van der Waals surface area contributed by atoms with E-state index in [0.717, 1.165) is 5.56 Å². The fraction of sp³-hybridized carbons (Fsp3) is 0.167. The highest BCUT2D eigenvalue weighted by molar-refractivity contribution is 6.30. The number of nitrogens with one attached hydrogen (secondary N) is 2. The molecule has 0 unspecified atom stereocenters. The topological polar surface area (TPSA) is 108 Å². The van der Waals surface area contributed by atoms with E-state index in [2.05, 4.69) is 36.4 Å². The molecule has 1 aromatic heterocycles. The monoisotopic (exact) mass is 451 g/mol. The van der Waals surface area contributed by atoms with E-state index >= 15 is 0 Å². The first-order chi connectivity index (χ1) is 15.0. The standard InChI is InChI=1S/C24H22ClN3O4/c1-24(2,3)16-7-4-14(5-8-16)21(29)27-19-10-6-15(12-18(19)23(31)32)22(30)28-20-11-9-17(25)13-26-20/h4-13H,1-3H3,(H,27,29)(H,31,32)(H,26,28,30). The zero-order valence-electron chi connectivity index (χ0n) is 17.8. The number of anilines is 2. The molecule has 0 atom stereocenters. The number of hydrogen-bond acceptors (Lipinski definition) is 4. The van der Waals surface area contributed by atoms with Crippen LogP contribution in [0.3, 0.4) is 0 Å². The van der Waals surface area contributed by atoms with Crippen LogP contribution in [0.15, 0.2) is 60.8 Å². The summed E-state index contributed by atoms with van der Waals surface area (Å²) >= 11 is 5.78. The fourth-order valence-corrected chi connectivity index (χ4v) is 3.04. The van der Waals surface area contributed by atoms with E-state index in [-0.39, 0.29) is 28.0 Å². The molecule has 2 amide bonds. The average Bonchev–Trinajstić information content (AvgIpc) is 2.75. The summed E-state index contributed by atoms with van der Waals surface area (Å²) in [7, 11) is 0. The van der Waals surface area contributed by atoms with Gasteiger partial charge in [-0.05, 0) is 53.4 Å². The largest absolute Gasteiger partial charge is 0.478 e. The molecular formula is C24H22ClN3O4. The second-order valence-electron chi connectivity index (χ2n) is 8.16. The molecule has 8 heteroatoms. The molecule has 32 heavy (non-hydrogen) atoms. The molecule has 3 N–H and O–H groups in total. The van der Waals surface area contributed by atoms with Crippen molar-refractivity contribution in [3.05, 3.63) is 88.1 Å². The summed E-state index contributed by atoms with van der Waals surface area (Å²) in [5.41, 5.74) is 1.40. The molecule has 1 heterocycles. The van der Waals surface area contributed by atoms with Crippen LogP contribution in [0.1, 0.15) is 57.4 Å². The first-order valence-corrected chi connectivity index (χ1v) is 10.1. The third kappa shape index (κ3) is 5.50. The SMILES string of the molecule is CC(C)(C)c1ccc(C(=O)Nc2ccc(C(=O)Nc3ccc(Cl)cn3)cc2C(=O)O)cc1. The Balaban J connectivity index is 1.80. The molecule has 0 saturated carbocycles. The Bertz CT molecular complexity index is 1170.